The predicted molar refractivity (Wildman–Crippen MR) is 128 cm³/mol. The van der Waals surface area contributed by atoms with Crippen molar-refractivity contribution in [3.8, 4) is 5.69 Å². The Morgan fingerprint density at radius 1 is 1.03 bits per heavy atom. The van der Waals surface area contributed by atoms with Crippen molar-refractivity contribution in [3.63, 3.8) is 0 Å². The molecule has 0 saturated carbocycles. The van der Waals surface area contributed by atoms with Crippen LogP contribution in [0.25, 0.3) is 16.6 Å². The van der Waals surface area contributed by atoms with Crippen molar-refractivity contribution in [2.24, 2.45) is 0 Å². The molecule has 3 rings (SSSR count). The molecule has 0 radical (unpaired) electrons. The van der Waals surface area contributed by atoms with Gasteiger partial charge in [0.25, 0.3) is 11.8 Å². The Morgan fingerprint density at radius 2 is 1.78 bits per heavy atom. The number of nitrogens with zero attached hydrogens (tertiary/aromatic N) is 4. The fourth-order valence-electron chi connectivity index (χ4n) is 3.11. The van der Waals surface area contributed by atoms with Gasteiger partial charge < -0.3 is 25.8 Å². The SMILES string of the molecule is CC(C)(C)OC(=O)NCCCNC(=O)c1cn(-c2ccc3nccc(C(=O)NCC(=O)O)c3c2)nn1. The molecular formula is C23H27N7O6. The van der Waals surface area contributed by atoms with Gasteiger partial charge in [0.1, 0.15) is 12.1 Å². The van der Waals surface area contributed by atoms with Crippen molar-refractivity contribution in [3.05, 3.63) is 47.9 Å². The highest BCUT2D eigenvalue weighted by Crippen LogP contribution is 2.20. The molecule has 36 heavy (non-hydrogen) atoms. The van der Waals surface area contributed by atoms with Crippen LogP contribution in [0.5, 0.6) is 0 Å². The molecule has 0 bridgehead atoms. The highest BCUT2D eigenvalue weighted by Gasteiger charge is 2.16. The third-order valence-electron chi connectivity index (χ3n) is 4.67. The molecule has 0 saturated heterocycles. The first kappa shape index (κ1) is 26.1. The average Bonchev–Trinajstić information content (AvgIpc) is 3.31. The van der Waals surface area contributed by atoms with E-state index in [4.69, 9.17) is 9.84 Å². The van der Waals surface area contributed by atoms with E-state index in [-0.39, 0.29) is 11.3 Å². The van der Waals surface area contributed by atoms with Gasteiger partial charge in [-0.25, -0.2) is 9.48 Å². The van der Waals surface area contributed by atoms with Crippen molar-refractivity contribution in [2.75, 3.05) is 19.6 Å². The third kappa shape index (κ3) is 7.22. The van der Waals surface area contributed by atoms with Crippen molar-refractivity contribution in [2.45, 2.75) is 32.8 Å². The second-order valence-electron chi connectivity index (χ2n) is 8.72. The van der Waals surface area contributed by atoms with E-state index in [0.29, 0.717) is 36.1 Å². The van der Waals surface area contributed by atoms with Gasteiger partial charge in [0.2, 0.25) is 0 Å². The lowest BCUT2D eigenvalue weighted by Crippen LogP contribution is -2.34. The zero-order valence-electron chi connectivity index (χ0n) is 20.1. The van der Waals surface area contributed by atoms with E-state index in [1.165, 1.54) is 23.1 Å². The maximum Gasteiger partial charge on any atom is 0.407 e. The topological polar surface area (TPSA) is 177 Å². The molecular weight excluding hydrogens is 470 g/mol. The molecule has 13 nitrogen and oxygen atoms in total. The van der Waals surface area contributed by atoms with E-state index < -0.39 is 36.0 Å². The van der Waals surface area contributed by atoms with E-state index in [9.17, 15) is 19.2 Å². The van der Waals surface area contributed by atoms with E-state index in [2.05, 4.69) is 31.2 Å². The number of ether oxygens (including phenoxy) is 1. The highest BCUT2D eigenvalue weighted by atomic mass is 16.6. The second kappa shape index (κ2) is 11.3. The largest absolute Gasteiger partial charge is 0.480 e. The zero-order chi connectivity index (χ0) is 26.3. The number of carboxylic acids is 1. The number of carboxylic acid groups (broad SMARTS) is 1. The quantitative estimate of drug-likeness (QED) is 0.317. The van der Waals surface area contributed by atoms with Crippen molar-refractivity contribution in [1.29, 1.82) is 0 Å². The number of amides is 3. The molecule has 0 spiro atoms. The molecule has 3 aromatic rings. The summed E-state index contributed by atoms with van der Waals surface area (Å²) in [6, 6.07) is 6.52. The monoisotopic (exact) mass is 497 g/mol. The maximum absolute atomic E-state index is 12.4. The molecule has 2 aromatic heterocycles. The molecule has 0 fully saturated rings. The van der Waals surface area contributed by atoms with Crippen molar-refractivity contribution >= 4 is 34.8 Å². The van der Waals surface area contributed by atoms with E-state index >= 15 is 0 Å². The van der Waals surface area contributed by atoms with Crippen LogP contribution in [0.3, 0.4) is 0 Å². The van der Waals surface area contributed by atoms with Gasteiger partial charge in [-0.1, -0.05) is 5.21 Å². The molecule has 0 atom stereocenters. The summed E-state index contributed by atoms with van der Waals surface area (Å²) in [4.78, 5) is 51.5. The predicted octanol–water partition coefficient (Wildman–Crippen LogP) is 1.27. The fourth-order valence-corrected chi connectivity index (χ4v) is 3.11. The van der Waals surface area contributed by atoms with Crippen LogP contribution < -0.4 is 16.0 Å². The molecule has 13 heteroatoms. The first-order valence-electron chi connectivity index (χ1n) is 11.1. The summed E-state index contributed by atoms with van der Waals surface area (Å²) >= 11 is 0. The number of benzene rings is 1. The number of hydrogen-bond acceptors (Lipinski definition) is 8. The summed E-state index contributed by atoms with van der Waals surface area (Å²) in [6.45, 7) is 5.43. The Morgan fingerprint density at radius 3 is 2.50 bits per heavy atom. The van der Waals surface area contributed by atoms with E-state index in [1.54, 1.807) is 39.0 Å². The van der Waals surface area contributed by atoms with Crippen LogP contribution in [0.15, 0.2) is 36.7 Å². The van der Waals surface area contributed by atoms with Gasteiger partial charge in [0, 0.05) is 24.7 Å². The van der Waals surface area contributed by atoms with Gasteiger partial charge in [-0.15, -0.1) is 5.10 Å². The Kier molecular flexibility index (Phi) is 8.14. The lowest BCUT2D eigenvalue weighted by atomic mass is 10.1. The smallest absolute Gasteiger partial charge is 0.407 e. The van der Waals surface area contributed by atoms with Gasteiger partial charge in [-0.2, -0.15) is 0 Å². The van der Waals surface area contributed by atoms with Crippen LogP contribution in [-0.4, -0.2) is 74.2 Å². The Labute approximate surface area is 206 Å². The van der Waals surface area contributed by atoms with Crippen molar-refractivity contribution < 1.29 is 29.0 Å². The van der Waals surface area contributed by atoms with Gasteiger partial charge in [0.05, 0.1) is 23.0 Å². The minimum atomic E-state index is -1.16. The second-order valence-corrected chi connectivity index (χ2v) is 8.72. The molecule has 4 N–H and O–H groups in total. The van der Waals surface area contributed by atoms with E-state index in [0.717, 1.165) is 0 Å². The summed E-state index contributed by atoms with van der Waals surface area (Å²) in [6.07, 6.45) is 2.86. The molecule has 0 aliphatic heterocycles. The van der Waals surface area contributed by atoms with Crippen LogP contribution in [0.2, 0.25) is 0 Å². The van der Waals surface area contributed by atoms with Crippen LogP contribution >= 0.6 is 0 Å². The number of pyridine rings is 1. The lowest BCUT2D eigenvalue weighted by Gasteiger charge is -2.19. The van der Waals surface area contributed by atoms with Crippen molar-refractivity contribution in [1.82, 2.24) is 35.9 Å². The minimum absolute atomic E-state index is 0.0841. The fraction of sp³-hybridized carbons (Fsp3) is 0.348. The standard InChI is InChI=1S/C23H27N7O6/c1-23(2,3)36-22(35)26-9-4-8-25-21(34)18-13-30(29-28-18)14-5-6-17-16(11-14)15(7-10-24-17)20(33)27-12-19(31)32/h5-7,10-11,13H,4,8-9,12H2,1-3H3,(H,25,34)(H,26,35)(H,27,33)(H,31,32). The van der Waals surface area contributed by atoms with Gasteiger partial charge in [-0.05, 0) is 51.5 Å². The average molecular weight is 498 g/mol. The number of aliphatic carboxylic acids is 1. The highest BCUT2D eigenvalue weighted by molar-refractivity contribution is 6.07. The zero-order valence-corrected chi connectivity index (χ0v) is 20.1. The maximum atomic E-state index is 12.4. The molecule has 0 aliphatic rings. The van der Waals surface area contributed by atoms with Gasteiger partial charge >= 0.3 is 12.1 Å². The number of carbonyl (C=O) groups is 4. The number of hydrogen-bond donors (Lipinski definition) is 4. The summed E-state index contributed by atoms with van der Waals surface area (Å²) in [5.74, 6) is -2.15. The Hall–Kier alpha value is -4.55. The van der Waals surface area contributed by atoms with Gasteiger partial charge in [0.15, 0.2) is 5.69 Å². The summed E-state index contributed by atoms with van der Waals surface area (Å²) in [5, 5.41) is 24.8. The van der Waals surface area contributed by atoms with Crippen LogP contribution in [0.1, 0.15) is 48.0 Å². The van der Waals surface area contributed by atoms with Crippen LogP contribution in [0, 0.1) is 0 Å². The van der Waals surface area contributed by atoms with Crippen LogP contribution in [0.4, 0.5) is 4.79 Å². The van der Waals surface area contributed by atoms with Gasteiger partial charge in [-0.3, -0.25) is 19.4 Å². The normalized spacial score (nSPS) is 11.1. The first-order valence-corrected chi connectivity index (χ1v) is 11.1. The summed E-state index contributed by atoms with van der Waals surface area (Å²) in [7, 11) is 0. The summed E-state index contributed by atoms with van der Waals surface area (Å²) < 4.78 is 6.52. The molecule has 0 aliphatic carbocycles. The minimum Gasteiger partial charge on any atom is -0.480 e. The third-order valence-corrected chi connectivity index (χ3v) is 4.67. The summed E-state index contributed by atoms with van der Waals surface area (Å²) in [5.41, 5.74) is 0.803. The first-order chi connectivity index (χ1) is 17.0. The molecule has 190 valence electrons. The number of alkyl carbamates (subject to hydrolysis) is 1. The Bertz CT molecular complexity index is 1280. The molecule has 0 unspecified atom stereocenters. The molecule has 1 aromatic carbocycles. The van der Waals surface area contributed by atoms with Crippen LogP contribution in [-0.2, 0) is 9.53 Å². The Balaban J connectivity index is 1.61. The number of aromatic nitrogens is 4. The number of rotatable bonds is 9. The molecule has 2 heterocycles. The number of fused-ring (bicyclic) bond motifs is 1. The number of carbonyl (C=O) groups excluding carboxylic acids is 3. The lowest BCUT2D eigenvalue weighted by molar-refractivity contribution is -0.135. The number of nitrogens with one attached hydrogen (secondary N) is 3. The van der Waals surface area contributed by atoms with E-state index in [1.807, 2.05) is 0 Å². The molecule has 3 amide bonds.